The molecule has 0 aromatic heterocycles. The molecule has 1 fully saturated rings. The number of carboxylic acids is 1. The summed E-state index contributed by atoms with van der Waals surface area (Å²) in [5.74, 6) is -7.02. The number of carbonyl (C=O) groups is 2. The molecule has 0 aromatic carbocycles. The molecule has 1 aliphatic rings. The van der Waals surface area contributed by atoms with Gasteiger partial charge in [-0.25, -0.2) is 33.7 Å². The first kappa shape index (κ1) is 105. The zero-order valence-corrected chi connectivity index (χ0v) is 71.9. The zero-order valence-electron chi connectivity index (χ0n) is 58.6. The Balaban J connectivity index is -0.00000516. The molecule has 1 rings (SSSR count). The van der Waals surface area contributed by atoms with E-state index in [0.717, 1.165) is 58.3 Å². The van der Waals surface area contributed by atoms with E-state index >= 15 is 0 Å². The van der Waals surface area contributed by atoms with E-state index in [4.69, 9.17) is 18.9 Å². The van der Waals surface area contributed by atoms with Crippen molar-refractivity contribution in [2.45, 2.75) is 327 Å². The number of unbranched alkanes of at least 4 members (excludes halogenated alkanes) is 38. The molecule has 0 saturated carbocycles. The number of nitrogens with one attached hydrogen (secondary N) is 1. The molecule has 93 heavy (non-hydrogen) atoms. The predicted octanol–water partition coefficient (Wildman–Crippen LogP) is -4.54. The van der Waals surface area contributed by atoms with Crippen LogP contribution >= 0.6 is 0 Å². The van der Waals surface area contributed by atoms with Gasteiger partial charge in [0.2, 0.25) is 53.3 Å². The van der Waals surface area contributed by atoms with Gasteiger partial charge in [-0.05, 0) is 12.8 Å². The number of amides is 1. The van der Waals surface area contributed by atoms with Gasteiger partial charge in [0.25, 0.3) is 0 Å². The van der Waals surface area contributed by atoms with Crippen LogP contribution in [-0.2, 0) is 86.9 Å². The molecule has 0 bridgehead atoms. The van der Waals surface area contributed by atoms with E-state index in [-0.39, 0.29) is 174 Å². The number of aliphatic carboxylic acids is 1. The molecule has 6 atom stereocenters. The Morgan fingerprint density at radius 1 is 0.484 bits per heavy atom. The van der Waals surface area contributed by atoms with Crippen LogP contribution in [0.25, 0.3) is 0 Å². The standard InChI is InChI=1S/C60H117NO23S4.5Na/c1-5-7-9-11-13-15-17-19-21-23-25-27-29-31-33-35-37-39-41-43-45-77-49-59(4,50-78-46-44-42-40-38-36-34-32-30-28-26-24-22-20-18-16-14-12-10-8-6-2)51-79-60(58(63)64)47-53(82-86(68,69)70)55(61-52(3)62)57(81-60)56(84-88(74,75)76)54(83-87(71,72)73)48-80-85(65,66)67;;;;;/h53-57H,5-51H2,1-4H3,(H,61,62)(H,63,64)(H,65,66,67)(H,68,69,70)(H,71,72,73)(H,74,75,76);;;;;/q;5*+1/p-5/t53-,54+,55+,56+,57+,60+;;;;;/m0...../s1. The first-order valence-corrected chi connectivity index (χ1v) is 38.5. The summed E-state index contributed by atoms with van der Waals surface area (Å²) in [6.07, 6.45) is 35.3. The Labute approximate surface area is 672 Å². The molecule has 524 valence electrons. The summed E-state index contributed by atoms with van der Waals surface area (Å²) in [5.41, 5.74) is -1.30. The van der Waals surface area contributed by atoms with Gasteiger partial charge in [0, 0.05) is 32.0 Å². The van der Waals surface area contributed by atoms with Gasteiger partial charge in [0.05, 0.1) is 32.5 Å². The van der Waals surface area contributed by atoms with Crippen LogP contribution < -0.4 is 158 Å². The van der Waals surface area contributed by atoms with E-state index in [1.807, 2.05) is 5.32 Å². The summed E-state index contributed by atoms with van der Waals surface area (Å²) in [5, 5.41) is 15.3. The largest absolute Gasteiger partial charge is 1.00 e. The monoisotopic (exact) mass is 1460 g/mol. The molecule has 1 saturated heterocycles. The van der Waals surface area contributed by atoms with Gasteiger partial charge < -0.3 is 52.4 Å². The van der Waals surface area contributed by atoms with Crippen LogP contribution in [0.3, 0.4) is 0 Å². The van der Waals surface area contributed by atoms with E-state index in [9.17, 15) is 66.6 Å². The molecule has 1 amide bonds. The zero-order chi connectivity index (χ0) is 65.6. The van der Waals surface area contributed by atoms with E-state index in [2.05, 4.69) is 30.6 Å². The van der Waals surface area contributed by atoms with Crippen LogP contribution in [0.15, 0.2) is 0 Å². The molecule has 0 spiro atoms. The van der Waals surface area contributed by atoms with Crippen LogP contribution in [-0.4, -0.2) is 140 Å². The van der Waals surface area contributed by atoms with Gasteiger partial charge in [-0.3, -0.25) is 21.5 Å². The minimum Gasteiger partial charge on any atom is -0.726 e. The maximum Gasteiger partial charge on any atom is 1.00 e. The second-order valence-corrected chi connectivity index (χ2v) is 28.5. The summed E-state index contributed by atoms with van der Waals surface area (Å²) in [6.45, 7) is 4.33. The Hall–Kier alpha value is 3.26. The van der Waals surface area contributed by atoms with Crippen molar-refractivity contribution in [1.29, 1.82) is 0 Å². The molecule has 0 aliphatic carbocycles. The molecule has 0 radical (unpaired) electrons. The van der Waals surface area contributed by atoms with E-state index in [1.165, 1.54) is 193 Å². The number of hydrogen-bond donors (Lipinski definition) is 1. The van der Waals surface area contributed by atoms with Crippen molar-refractivity contribution in [1.82, 2.24) is 5.32 Å². The van der Waals surface area contributed by atoms with Gasteiger partial charge in [-0.2, -0.15) is 0 Å². The Bertz CT molecular complexity index is 2220. The van der Waals surface area contributed by atoms with Crippen LogP contribution in [0.4, 0.5) is 0 Å². The summed E-state index contributed by atoms with van der Waals surface area (Å²) in [7, 11) is -24.3. The number of hydrogen-bond acceptors (Lipinski definition) is 23. The molecule has 33 heteroatoms. The van der Waals surface area contributed by atoms with E-state index in [1.54, 1.807) is 6.92 Å². The summed E-state index contributed by atoms with van der Waals surface area (Å²) < 4.78 is 184. The van der Waals surface area contributed by atoms with Crippen molar-refractivity contribution >= 4 is 53.5 Å². The third-order valence-electron chi connectivity index (χ3n) is 15.8. The van der Waals surface area contributed by atoms with Crippen LogP contribution in [0.2, 0.25) is 0 Å². The molecule has 0 unspecified atom stereocenters. The molecule has 24 nitrogen and oxygen atoms in total. The van der Waals surface area contributed by atoms with Crippen molar-refractivity contribution < 1.29 is 250 Å². The van der Waals surface area contributed by atoms with Gasteiger partial charge in [-0.15, -0.1) is 0 Å². The minimum atomic E-state index is -6.25. The fraction of sp³-hybridized carbons (Fsp3) is 0.967. The fourth-order valence-electron chi connectivity index (χ4n) is 11.1. The fourth-order valence-corrected chi connectivity index (χ4v) is 12.8. The maximum atomic E-state index is 13.3. The number of carbonyl (C=O) groups excluding carboxylic acids is 2. The molecular weight excluding hydrogens is 1350 g/mol. The van der Waals surface area contributed by atoms with Gasteiger partial charge >= 0.3 is 148 Å². The van der Waals surface area contributed by atoms with E-state index < -0.39 is 115 Å². The van der Waals surface area contributed by atoms with E-state index in [0.29, 0.717) is 12.8 Å². The summed E-state index contributed by atoms with van der Waals surface area (Å²) in [4.78, 5) is 25.9. The summed E-state index contributed by atoms with van der Waals surface area (Å²) in [6, 6.07) is -2.39. The third kappa shape index (κ3) is 60.3. The Morgan fingerprint density at radius 3 is 1.06 bits per heavy atom. The SMILES string of the molecule is CCCCCCCCCCCCCCCCCCCCCCOCC(C)(COCCCCCCCCCCCCCCCCCCCCCC)CO[C@]1(C(=O)[O-])C[C@H](OS(=O)(=O)[O-])[C@@H](NC(C)=O)[C@H]([C@H](OS(=O)(=O)[O-])[C@@H](COS(=O)(=O)[O-])OS(=O)(=O)[O-])O1.[Na+].[Na+].[Na+].[Na+].[Na+]. The van der Waals surface area contributed by atoms with Crippen molar-refractivity contribution in [2.75, 3.05) is 39.6 Å². The molecule has 1 aliphatic heterocycles. The molecule has 0 aromatic rings. The number of rotatable bonds is 62. The summed E-state index contributed by atoms with van der Waals surface area (Å²) >= 11 is 0. The van der Waals surface area contributed by atoms with Gasteiger partial charge in [-0.1, -0.05) is 265 Å². The maximum absolute atomic E-state index is 13.3. The normalized spacial score (nSPS) is 17.6. The Kier molecular flexibility index (Phi) is 70.6. The van der Waals surface area contributed by atoms with Crippen molar-refractivity contribution in [3.8, 4) is 0 Å². The smallest absolute Gasteiger partial charge is 0.726 e. The minimum absolute atomic E-state index is 0. The van der Waals surface area contributed by atoms with Gasteiger partial charge in [0.15, 0.2) is 0 Å². The average molecular weight is 1460 g/mol. The number of ether oxygens (including phenoxy) is 4. The second-order valence-electron chi connectivity index (χ2n) is 24.4. The topological polar surface area (TPSA) is 372 Å². The Morgan fingerprint density at radius 2 is 0.796 bits per heavy atom. The van der Waals surface area contributed by atoms with Crippen molar-refractivity contribution in [3.63, 3.8) is 0 Å². The first-order valence-electron chi connectivity index (χ1n) is 33.1. The molecule has 1 heterocycles. The first-order chi connectivity index (χ1) is 41.6. The molecular formula is C60H112NNa5O23S4. The van der Waals surface area contributed by atoms with Crippen LogP contribution in [0, 0.1) is 5.41 Å². The number of carboxylic acid groups (broad SMARTS) is 1. The second kappa shape index (κ2) is 62.6. The van der Waals surface area contributed by atoms with Crippen LogP contribution in [0.1, 0.15) is 291 Å². The van der Waals surface area contributed by atoms with Crippen molar-refractivity contribution in [3.05, 3.63) is 0 Å². The van der Waals surface area contributed by atoms with Crippen molar-refractivity contribution in [2.24, 2.45) is 5.41 Å². The third-order valence-corrected chi connectivity index (χ3v) is 17.7. The van der Waals surface area contributed by atoms with Crippen LogP contribution in [0.5, 0.6) is 0 Å². The quantitative estimate of drug-likeness (QED) is 0.0259. The molecule has 1 N–H and O–H groups in total. The predicted molar refractivity (Wildman–Crippen MR) is 326 cm³/mol. The average Bonchev–Trinajstić information content (AvgIpc) is 0.755. The van der Waals surface area contributed by atoms with Gasteiger partial charge in [0.1, 0.15) is 30.4 Å².